The minimum absolute atomic E-state index is 0.0154. The summed E-state index contributed by atoms with van der Waals surface area (Å²) < 4.78 is 10.2. The van der Waals surface area contributed by atoms with Gasteiger partial charge in [-0.05, 0) is 24.6 Å². The van der Waals surface area contributed by atoms with Crippen molar-refractivity contribution in [3.05, 3.63) is 23.8 Å². The van der Waals surface area contributed by atoms with E-state index in [1.54, 1.807) is 32.4 Å². The molecule has 1 rings (SSSR count). The van der Waals surface area contributed by atoms with E-state index < -0.39 is 5.92 Å². The Morgan fingerprint density at radius 3 is 2.18 bits per heavy atom. The molecule has 0 fully saturated rings. The third-order valence-electron chi connectivity index (χ3n) is 2.42. The van der Waals surface area contributed by atoms with Crippen molar-refractivity contribution in [3.8, 4) is 17.6 Å². The Morgan fingerprint density at radius 2 is 1.82 bits per heavy atom. The van der Waals surface area contributed by atoms with E-state index in [2.05, 4.69) is 6.07 Å². The first-order valence-electron chi connectivity index (χ1n) is 5.22. The molecule has 1 unspecified atom stereocenters. The van der Waals surface area contributed by atoms with Gasteiger partial charge in [0.2, 0.25) is 0 Å². The summed E-state index contributed by atoms with van der Waals surface area (Å²) in [5, 5.41) is 9.07. The largest absolute Gasteiger partial charge is 0.497 e. The third kappa shape index (κ3) is 3.49. The summed E-state index contributed by atoms with van der Waals surface area (Å²) in [5.74, 6) is 0.751. The lowest BCUT2D eigenvalue weighted by Gasteiger charge is -2.11. The van der Waals surface area contributed by atoms with E-state index >= 15 is 0 Å². The number of benzene rings is 1. The van der Waals surface area contributed by atoms with Crippen LogP contribution in [0.5, 0.6) is 11.5 Å². The van der Waals surface area contributed by atoms with Crippen molar-refractivity contribution in [2.45, 2.75) is 19.3 Å². The lowest BCUT2D eigenvalue weighted by molar-refractivity contribution is -0.117. The maximum atomic E-state index is 11.1. The number of methoxy groups -OCH3 is 2. The number of Topliss-reactive ketones (excluding diaryl/α,β-unsaturated/α-hetero) is 1. The second kappa shape index (κ2) is 5.90. The second-order valence-electron chi connectivity index (χ2n) is 3.73. The van der Waals surface area contributed by atoms with E-state index in [-0.39, 0.29) is 12.2 Å². The Hall–Kier alpha value is -2.02. The third-order valence-corrected chi connectivity index (χ3v) is 2.42. The number of ketones is 1. The van der Waals surface area contributed by atoms with Crippen molar-refractivity contribution in [3.63, 3.8) is 0 Å². The van der Waals surface area contributed by atoms with Gasteiger partial charge < -0.3 is 9.47 Å². The lowest BCUT2D eigenvalue weighted by atomic mass is 9.95. The average molecular weight is 233 g/mol. The minimum Gasteiger partial charge on any atom is -0.497 e. The van der Waals surface area contributed by atoms with Crippen molar-refractivity contribution in [2.75, 3.05) is 14.2 Å². The molecule has 0 bridgehead atoms. The van der Waals surface area contributed by atoms with E-state index in [1.807, 2.05) is 0 Å². The molecule has 0 amide bonds. The van der Waals surface area contributed by atoms with E-state index in [4.69, 9.17) is 14.7 Å². The van der Waals surface area contributed by atoms with Crippen LogP contribution in [0.4, 0.5) is 0 Å². The highest BCUT2D eigenvalue weighted by atomic mass is 16.5. The zero-order valence-corrected chi connectivity index (χ0v) is 10.2. The van der Waals surface area contributed by atoms with Gasteiger partial charge in [0, 0.05) is 12.5 Å². The van der Waals surface area contributed by atoms with Crippen molar-refractivity contribution in [1.82, 2.24) is 0 Å². The molecule has 4 nitrogen and oxygen atoms in total. The Bertz CT molecular complexity index is 426. The van der Waals surface area contributed by atoms with Crippen LogP contribution in [0.3, 0.4) is 0 Å². The van der Waals surface area contributed by atoms with Gasteiger partial charge in [0.05, 0.1) is 26.2 Å². The number of hydrogen-bond donors (Lipinski definition) is 0. The van der Waals surface area contributed by atoms with E-state index in [1.165, 1.54) is 6.92 Å². The van der Waals surface area contributed by atoms with E-state index in [0.29, 0.717) is 11.5 Å². The molecule has 4 heteroatoms. The van der Waals surface area contributed by atoms with Crippen LogP contribution < -0.4 is 9.47 Å². The smallest absolute Gasteiger partial charge is 0.131 e. The molecular weight excluding hydrogens is 218 g/mol. The van der Waals surface area contributed by atoms with Crippen molar-refractivity contribution < 1.29 is 14.3 Å². The van der Waals surface area contributed by atoms with Gasteiger partial charge >= 0.3 is 0 Å². The fourth-order valence-electron chi connectivity index (χ4n) is 1.56. The summed E-state index contributed by atoms with van der Waals surface area (Å²) >= 11 is 0. The van der Waals surface area contributed by atoms with Gasteiger partial charge in [0.25, 0.3) is 0 Å². The maximum Gasteiger partial charge on any atom is 0.131 e. The molecule has 0 aromatic heterocycles. The number of hydrogen-bond acceptors (Lipinski definition) is 4. The minimum atomic E-state index is -0.462. The van der Waals surface area contributed by atoms with Gasteiger partial charge in [-0.15, -0.1) is 0 Å². The Labute approximate surface area is 101 Å². The Kier molecular flexibility index (Phi) is 4.53. The molecule has 1 atom stereocenters. The topological polar surface area (TPSA) is 59.3 Å². The predicted octanol–water partition coefficient (Wildman–Crippen LogP) is 2.29. The number of rotatable bonds is 5. The number of nitrogens with zero attached hydrogens (tertiary/aromatic N) is 1. The summed E-state index contributed by atoms with van der Waals surface area (Å²) in [5.41, 5.74) is 0.735. The Balaban J connectivity index is 3.10. The number of carbonyl (C=O) groups excluding carboxylic acids is 1. The standard InChI is InChI=1S/C13H15NO3/c1-9(15)4-11(8-14)10-5-12(16-2)7-13(6-10)17-3/h5-7,11H,4H2,1-3H3. The van der Waals surface area contributed by atoms with Crippen LogP contribution in [-0.2, 0) is 4.79 Å². The molecule has 0 aliphatic rings. The van der Waals surface area contributed by atoms with Crippen LogP contribution >= 0.6 is 0 Å². The highest BCUT2D eigenvalue weighted by Gasteiger charge is 2.15. The van der Waals surface area contributed by atoms with Crippen LogP contribution in [0.15, 0.2) is 18.2 Å². The molecule has 0 aliphatic heterocycles. The van der Waals surface area contributed by atoms with Gasteiger partial charge in [-0.25, -0.2) is 0 Å². The number of carbonyl (C=O) groups is 1. The quantitative estimate of drug-likeness (QED) is 0.782. The van der Waals surface area contributed by atoms with Crippen molar-refractivity contribution >= 4 is 5.78 Å². The van der Waals surface area contributed by atoms with Crippen LogP contribution in [0.25, 0.3) is 0 Å². The number of ether oxygens (including phenoxy) is 2. The lowest BCUT2D eigenvalue weighted by Crippen LogP contribution is -2.03. The normalized spacial score (nSPS) is 11.4. The molecule has 0 saturated carbocycles. The molecule has 0 spiro atoms. The van der Waals surface area contributed by atoms with E-state index in [9.17, 15) is 4.79 Å². The van der Waals surface area contributed by atoms with Gasteiger partial charge in [0.1, 0.15) is 17.3 Å². The highest BCUT2D eigenvalue weighted by Crippen LogP contribution is 2.28. The molecule has 0 saturated heterocycles. The molecule has 0 aliphatic carbocycles. The van der Waals surface area contributed by atoms with Gasteiger partial charge in [-0.3, -0.25) is 4.79 Å². The zero-order valence-electron chi connectivity index (χ0n) is 10.2. The first-order valence-corrected chi connectivity index (χ1v) is 5.22. The summed E-state index contributed by atoms with van der Waals surface area (Å²) in [7, 11) is 3.09. The molecule has 1 aromatic carbocycles. The summed E-state index contributed by atoms with van der Waals surface area (Å²) in [6.07, 6.45) is 0.201. The summed E-state index contributed by atoms with van der Waals surface area (Å²) in [6.45, 7) is 1.47. The molecule has 0 heterocycles. The predicted molar refractivity (Wildman–Crippen MR) is 63.2 cm³/mol. The SMILES string of the molecule is COc1cc(OC)cc(C(C#N)CC(C)=O)c1. The molecule has 0 radical (unpaired) electrons. The fraction of sp³-hybridized carbons (Fsp3) is 0.385. The zero-order chi connectivity index (χ0) is 12.8. The highest BCUT2D eigenvalue weighted by molar-refractivity contribution is 5.77. The Morgan fingerprint density at radius 1 is 1.29 bits per heavy atom. The van der Waals surface area contributed by atoms with E-state index in [0.717, 1.165) is 5.56 Å². The molecule has 1 aromatic rings. The fourth-order valence-corrected chi connectivity index (χ4v) is 1.56. The second-order valence-corrected chi connectivity index (χ2v) is 3.73. The number of nitriles is 1. The summed E-state index contributed by atoms with van der Waals surface area (Å²) in [4.78, 5) is 11.1. The molecule has 90 valence electrons. The van der Waals surface area contributed by atoms with Crippen molar-refractivity contribution in [2.24, 2.45) is 0 Å². The van der Waals surface area contributed by atoms with Crippen LogP contribution in [0, 0.1) is 11.3 Å². The molecular formula is C13H15NO3. The van der Waals surface area contributed by atoms with Gasteiger partial charge in [0.15, 0.2) is 0 Å². The first-order chi connectivity index (χ1) is 8.10. The van der Waals surface area contributed by atoms with Gasteiger partial charge in [-0.2, -0.15) is 5.26 Å². The van der Waals surface area contributed by atoms with Crippen LogP contribution in [-0.4, -0.2) is 20.0 Å². The molecule has 0 N–H and O–H groups in total. The average Bonchev–Trinajstić information content (AvgIpc) is 2.34. The van der Waals surface area contributed by atoms with Crippen molar-refractivity contribution in [1.29, 1.82) is 5.26 Å². The van der Waals surface area contributed by atoms with Gasteiger partial charge in [-0.1, -0.05) is 0 Å². The van der Waals surface area contributed by atoms with Crippen LogP contribution in [0.1, 0.15) is 24.8 Å². The maximum absolute atomic E-state index is 11.1. The molecule has 17 heavy (non-hydrogen) atoms. The first kappa shape index (κ1) is 13.0. The van der Waals surface area contributed by atoms with Crippen LogP contribution in [0.2, 0.25) is 0 Å². The monoisotopic (exact) mass is 233 g/mol. The summed E-state index contributed by atoms with van der Waals surface area (Å²) in [6, 6.07) is 7.35.